The number of carbonyl (C=O) groups excluding carboxylic acids is 2. The van der Waals surface area contributed by atoms with Gasteiger partial charge in [0.25, 0.3) is 0 Å². The van der Waals surface area contributed by atoms with Crippen molar-refractivity contribution in [2.75, 3.05) is 6.54 Å². The van der Waals surface area contributed by atoms with Crippen molar-refractivity contribution in [2.24, 2.45) is 23.5 Å². The second kappa shape index (κ2) is 3.59. The van der Waals surface area contributed by atoms with E-state index in [1.807, 2.05) is 0 Å². The SMILES string of the molecule is NC(=O)C1C(=O)NCC1C1CCCC1. The van der Waals surface area contributed by atoms with Gasteiger partial charge in [-0.25, -0.2) is 0 Å². The van der Waals surface area contributed by atoms with E-state index in [2.05, 4.69) is 5.32 Å². The van der Waals surface area contributed by atoms with Gasteiger partial charge in [0.1, 0.15) is 5.92 Å². The van der Waals surface area contributed by atoms with E-state index < -0.39 is 11.8 Å². The maximum atomic E-state index is 11.4. The first kappa shape index (κ1) is 9.49. The van der Waals surface area contributed by atoms with Crippen LogP contribution in [0.4, 0.5) is 0 Å². The maximum absolute atomic E-state index is 11.4. The second-order valence-corrected chi connectivity index (χ2v) is 4.33. The lowest BCUT2D eigenvalue weighted by molar-refractivity contribution is -0.132. The number of amides is 2. The van der Waals surface area contributed by atoms with Crippen molar-refractivity contribution in [1.29, 1.82) is 0 Å². The average molecular weight is 196 g/mol. The molecule has 0 aromatic carbocycles. The highest BCUT2D eigenvalue weighted by Gasteiger charge is 2.43. The molecule has 2 unspecified atom stereocenters. The Balaban J connectivity index is 2.10. The lowest BCUT2D eigenvalue weighted by atomic mass is 9.82. The van der Waals surface area contributed by atoms with E-state index in [1.54, 1.807) is 0 Å². The Kier molecular flexibility index (Phi) is 2.44. The molecule has 4 nitrogen and oxygen atoms in total. The molecule has 78 valence electrons. The van der Waals surface area contributed by atoms with Gasteiger partial charge < -0.3 is 11.1 Å². The highest BCUT2D eigenvalue weighted by Crippen LogP contribution is 2.37. The Labute approximate surface area is 83.2 Å². The van der Waals surface area contributed by atoms with Crippen LogP contribution in [0.25, 0.3) is 0 Å². The number of hydrogen-bond acceptors (Lipinski definition) is 2. The maximum Gasteiger partial charge on any atom is 0.232 e. The zero-order valence-corrected chi connectivity index (χ0v) is 8.16. The first-order valence-electron chi connectivity index (χ1n) is 5.27. The molecule has 2 amide bonds. The van der Waals surface area contributed by atoms with Crippen LogP contribution in [-0.4, -0.2) is 18.4 Å². The molecule has 2 fully saturated rings. The molecule has 1 saturated heterocycles. The number of rotatable bonds is 2. The molecule has 2 atom stereocenters. The lowest BCUT2D eigenvalue weighted by Gasteiger charge is -2.20. The van der Waals surface area contributed by atoms with Gasteiger partial charge in [0.05, 0.1) is 0 Å². The third kappa shape index (κ3) is 1.49. The zero-order chi connectivity index (χ0) is 10.1. The summed E-state index contributed by atoms with van der Waals surface area (Å²) >= 11 is 0. The summed E-state index contributed by atoms with van der Waals surface area (Å²) in [5, 5.41) is 2.74. The van der Waals surface area contributed by atoms with Crippen LogP contribution in [0.2, 0.25) is 0 Å². The highest BCUT2D eigenvalue weighted by molar-refractivity contribution is 6.01. The van der Waals surface area contributed by atoms with Crippen LogP contribution in [0.3, 0.4) is 0 Å². The van der Waals surface area contributed by atoms with Crippen molar-refractivity contribution in [2.45, 2.75) is 25.7 Å². The third-order valence-electron chi connectivity index (χ3n) is 3.53. The first-order chi connectivity index (χ1) is 6.70. The Morgan fingerprint density at radius 3 is 2.57 bits per heavy atom. The number of nitrogens with two attached hydrogens (primary N) is 1. The van der Waals surface area contributed by atoms with E-state index in [9.17, 15) is 9.59 Å². The molecule has 1 heterocycles. The van der Waals surface area contributed by atoms with Crippen LogP contribution in [0.5, 0.6) is 0 Å². The largest absolute Gasteiger partial charge is 0.369 e. The third-order valence-corrected chi connectivity index (χ3v) is 3.53. The Morgan fingerprint density at radius 1 is 1.36 bits per heavy atom. The van der Waals surface area contributed by atoms with Crippen LogP contribution >= 0.6 is 0 Å². The second-order valence-electron chi connectivity index (χ2n) is 4.33. The van der Waals surface area contributed by atoms with E-state index in [4.69, 9.17) is 5.73 Å². The van der Waals surface area contributed by atoms with E-state index in [1.165, 1.54) is 12.8 Å². The van der Waals surface area contributed by atoms with Crippen molar-refractivity contribution in [3.05, 3.63) is 0 Å². The van der Waals surface area contributed by atoms with Crippen LogP contribution in [0.1, 0.15) is 25.7 Å². The van der Waals surface area contributed by atoms with E-state index in [0.29, 0.717) is 12.5 Å². The van der Waals surface area contributed by atoms with E-state index in [-0.39, 0.29) is 11.8 Å². The van der Waals surface area contributed by atoms with Gasteiger partial charge in [0.2, 0.25) is 11.8 Å². The molecule has 0 aromatic rings. The number of carbonyl (C=O) groups is 2. The fourth-order valence-corrected chi connectivity index (χ4v) is 2.81. The Morgan fingerprint density at radius 2 is 2.00 bits per heavy atom. The predicted molar refractivity (Wildman–Crippen MR) is 51.1 cm³/mol. The topological polar surface area (TPSA) is 72.2 Å². The standard InChI is InChI=1S/C10H16N2O2/c11-9(13)8-7(5-12-10(8)14)6-3-1-2-4-6/h6-8H,1-5H2,(H2,11,13)(H,12,14). The fourth-order valence-electron chi connectivity index (χ4n) is 2.81. The van der Waals surface area contributed by atoms with E-state index in [0.717, 1.165) is 12.8 Å². The van der Waals surface area contributed by atoms with Crippen molar-refractivity contribution < 1.29 is 9.59 Å². The highest BCUT2D eigenvalue weighted by atomic mass is 16.2. The quantitative estimate of drug-likeness (QED) is 0.611. The van der Waals surface area contributed by atoms with Crippen molar-refractivity contribution >= 4 is 11.8 Å². The summed E-state index contributed by atoms with van der Waals surface area (Å²) in [6.07, 6.45) is 4.73. The van der Waals surface area contributed by atoms with Gasteiger partial charge in [0.15, 0.2) is 0 Å². The van der Waals surface area contributed by atoms with Gasteiger partial charge in [-0.05, 0) is 11.8 Å². The minimum atomic E-state index is -0.571. The smallest absolute Gasteiger partial charge is 0.232 e. The van der Waals surface area contributed by atoms with E-state index >= 15 is 0 Å². The molecule has 0 radical (unpaired) electrons. The monoisotopic (exact) mass is 196 g/mol. The summed E-state index contributed by atoms with van der Waals surface area (Å²) in [6.45, 7) is 0.636. The summed E-state index contributed by atoms with van der Waals surface area (Å²) in [4.78, 5) is 22.5. The Hall–Kier alpha value is -1.06. The molecular formula is C10H16N2O2. The molecule has 1 saturated carbocycles. The van der Waals surface area contributed by atoms with Crippen LogP contribution in [0.15, 0.2) is 0 Å². The molecule has 1 aliphatic heterocycles. The van der Waals surface area contributed by atoms with Crippen LogP contribution in [-0.2, 0) is 9.59 Å². The van der Waals surface area contributed by atoms with Gasteiger partial charge >= 0.3 is 0 Å². The number of primary amides is 1. The molecule has 2 aliphatic rings. The van der Waals surface area contributed by atoms with Crippen molar-refractivity contribution in [1.82, 2.24) is 5.32 Å². The molecule has 4 heteroatoms. The summed E-state index contributed by atoms with van der Waals surface area (Å²) in [7, 11) is 0. The van der Waals surface area contributed by atoms with Crippen LogP contribution in [0, 0.1) is 17.8 Å². The Bertz CT molecular complexity index is 259. The van der Waals surface area contributed by atoms with Gasteiger partial charge in [-0.1, -0.05) is 25.7 Å². The van der Waals surface area contributed by atoms with Crippen molar-refractivity contribution in [3.8, 4) is 0 Å². The fraction of sp³-hybridized carbons (Fsp3) is 0.800. The molecule has 14 heavy (non-hydrogen) atoms. The summed E-state index contributed by atoms with van der Waals surface area (Å²) in [5.41, 5.74) is 5.25. The molecule has 0 spiro atoms. The minimum Gasteiger partial charge on any atom is -0.369 e. The van der Waals surface area contributed by atoms with Gasteiger partial charge in [0, 0.05) is 6.54 Å². The molecular weight excluding hydrogens is 180 g/mol. The number of nitrogens with one attached hydrogen (secondary N) is 1. The molecule has 2 rings (SSSR count). The molecule has 1 aliphatic carbocycles. The van der Waals surface area contributed by atoms with Crippen molar-refractivity contribution in [3.63, 3.8) is 0 Å². The minimum absolute atomic E-state index is 0.155. The molecule has 0 bridgehead atoms. The summed E-state index contributed by atoms with van der Waals surface area (Å²) in [6, 6.07) is 0. The summed E-state index contributed by atoms with van der Waals surface area (Å²) in [5.74, 6) is -0.529. The average Bonchev–Trinajstić information content (AvgIpc) is 2.70. The van der Waals surface area contributed by atoms with Crippen LogP contribution < -0.4 is 11.1 Å². The number of hydrogen-bond donors (Lipinski definition) is 2. The van der Waals surface area contributed by atoms with Gasteiger partial charge in [-0.15, -0.1) is 0 Å². The zero-order valence-electron chi connectivity index (χ0n) is 8.16. The van der Waals surface area contributed by atoms with Gasteiger partial charge in [-0.2, -0.15) is 0 Å². The molecule has 3 N–H and O–H groups in total. The molecule has 0 aromatic heterocycles. The predicted octanol–water partition coefficient (Wildman–Crippen LogP) is 0.0241. The first-order valence-corrected chi connectivity index (χ1v) is 5.27. The van der Waals surface area contributed by atoms with Gasteiger partial charge in [-0.3, -0.25) is 9.59 Å². The normalized spacial score (nSPS) is 33.3. The summed E-state index contributed by atoms with van der Waals surface area (Å²) < 4.78 is 0. The lowest BCUT2D eigenvalue weighted by Crippen LogP contribution is -2.35.